The molecule has 2 saturated heterocycles. The second-order valence-corrected chi connectivity index (χ2v) is 18.6. The zero-order valence-electron chi connectivity index (χ0n) is 28.4. The normalized spacial score (nSPS) is 28.0. The van der Waals surface area contributed by atoms with Crippen molar-refractivity contribution in [3.8, 4) is 0 Å². The van der Waals surface area contributed by atoms with E-state index in [0.717, 1.165) is 30.5 Å². The number of piperidine rings is 1. The molecule has 49 heavy (non-hydrogen) atoms. The molecule has 258 valence electrons. The molecule has 6 atom stereocenters. The Kier molecular flexibility index (Phi) is 8.99. The number of ether oxygens (including phenoxy) is 1. The number of anilines is 3. The molecule has 7 rings (SSSR count). The zero-order chi connectivity index (χ0) is 34.5. The lowest BCUT2D eigenvalue weighted by molar-refractivity contribution is -0.150. The van der Waals surface area contributed by atoms with Crippen molar-refractivity contribution in [2.45, 2.75) is 75.5 Å². The number of hydrogen-bond donors (Lipinski definition) is 4. The van der Waals surface area contributed by atoms with E-state index < -0.39 is 31.5 Å². The Hall–Kier alpha value is -3.87. The highest BCUT2D eigenvalue weighted by Crippen LogP contribution is 2.61. The number of fused-ring (bicyclic) bond motifs is 3. The summed E-state index contributed by atoms with van der Waals surface area (Å²) in [6.07, 6.45) is 1.51. The van der Waals surface area contributed by atoms with E-state index >= 15 is 0 Å². The number of rotatable bonds is 7. The molecule has 4 heterocycles. The highest BCUT2D eigenvalue weighted by molar-refractivity contribution is 6.71. The smallest absolute Gasteiger partial charge is 0.268 e. The SMILES string of the molecule is C[C@@H]1[C@@H]([Si](C)(C)O)[C@H](CC(=O)N2Cc3ccccc3C[C@H]2CO)O[C@@]12C(=O)N(c1ccccc1)c1ccc(NC(=O)C3CCCNC3)cc12. The Morgan fingerprint density at radius 2 is 1.80 bits per heavy atom. The van der Waals surface area contributed by atoms with E-state index in [9.17, 15) is 24.3 Å². The largest absolute Gasteiger partial charge is 0.432 e. The van der Waals surface area contributed by atoms with Crippen LogP contribution in [0.5, 0.6) is 0 Å². The summed E-state index contributed by atoms with van der Waals surface area (Å²) in [6.45, 7) is 7.36. The van der Waals surface area contributed by atoms with Crippen molar-refractivity contribution in [2.75, 3.05) is 29.9 Å². The molecule has 0 radical (unpaired) electrons. The van der Waals surface area contributed by atoms with Gasteiger partial charge in [-0.3, -0.25) is 19.3 Å². The van der Waals surface area contributed by atoms with Gasteiger partial charge >= 0.3 is 0 Å². The highest BCUT2D eigenvalue weighted by Gasteiger charge is 2.67. The Labute approximate surface area is 288 Å². The van der Waals surface area contributed by atoms with Gasteiger partial charge < -0.3 is 30.2 Å². The van der Waals surface area contributed by atoms with Crippen molar-refractivity contribution in [2.24, 2.45) is 11.8 Å². The lowest BCUT2D eigenvalue weighted by Crippen LogP contribution is -2.48. The number of aliphatic hydroxyl groups is 1. The second-order valence-electron chi connectivity index (χ2n) is 14.6. The zero-order valence-corrected chi connectivity index (χ0v) is 29.4. The standard InChI is InChI=1S/C38H46N4O6Si/c1-24-35(49(2,3)47)33(20-34(44)41-22-27-11-8-7-10-25(27)18-30(41)23-43)48-38(24)31-19-28(40-36(45)26-12-9-17-39-21-26)15-16-32(31)42(37(38)46)29-13-5-4-6-14-29/h4-8,10-11,13-16,19,24,26,30,33,35,39,43,47H,9,12,17-18,20-23H2,1-3H3,(H,40,45)/t24-,26?,30+,33+,35-,38+/m1/s1. The van der Waals surface area contributed by atoms with Crippen molar-refractivity contribution in [3.63, 3.8) is 0 Å². The van der Waals surface area contributed by atoms with Crippen LogP contribution in [0.2, 0.25) is 18.6 Å². The van der Waals surface area contributed by atoms with Crippen molar-refractivity contribution in [1.29, 1.82) is 0 Å². The lowest BCUT2D eigenvalue weighted by atomic mass is 9.82. The number of amides is 3. The van der Waals surface area contributed by atoms with Crippen LogP contribution in [0.25, 0.3) is 0 Å². The maximum Gasteiger partial charge on any atom is 0.268 e. The summed E-state index contributed by atoms with van der Waals surface area (Å²) in [5, 5.41) is 16.7. The summed E-state index contributed by atoms with van der Waals surface area (Å²) >= 11 is 0. The number of aliphatic hydroxyl groups excluding tert-OH is 1. The molecule has 0 aromatic heterocycles. The first kappa shape index (κ1) is 33.6. The predicted molar refractivity (Wildman–Crippen MR) is 190 cm³/mol. The van der Waals surface area contributed by atoms with Gasteiger partial charge in [-0.1, -0.05) is 49.4 Å². The van der Waals surface area contributed by atoms with Gasteiger partial charge in [0.15, 0.2) is 13.9 Å². The molecule has 1 spiro atoms. The molecule has 0 saturated carbocycles. The minimum Gasteiger partial charge on any atom is -0.432 e. The molecule has 0 bridgehead atoms. The molecule has 2 fully saturated rings. The van der Waals surface area contributed by atoms with Crippen molar-refractivity contribution in [1.82, 2.24) is 10.2 Å². The van der Waals surface area contributed by atoms with Gasteiger partial charge in [0.1, 0.15) is 0 Å². The number of carbonyl (C=O) groups is 3. The molecule has 3 aromatic rings. The van der Waals surface area contributed by atoms with Crippen LogP contribution in [-0.2, 0) is 37.7 Å². The van der Waals surface area contributed by atoms with Gasteiger partial charge in [-0.2, -0.15) is 0 Å². The fourth-order valence-electron chi connectivity index (χ4n) is 8.77. The first-order valence-corrected chi connectivity index (χ1v) is 20.5. The van der Waals surface area contributed by atoms with Gasteiger partial charge in [0.2, 0.25) is 11.8 Å². The fraction of sp³-hybridized carbons (Fsp3) is 0.447. The Morgan fingerprint density at radius 1 is 1.06 bits per heavy atom. The Balaban J connectivity index is 1.26. The minimum atomic E-state index is -3.05. The van der Waals surface area contributed by atoms with Gasteiger partial charge in [-0.05, 0) is 80.4 Å². The number of carbonyl (C=O) groups excluding carboxylic acids is 3. The molecule has 3 aromatic carbocycles. The van der Waals surface area contributed by atoms with Crippen molar-refractivity contribution in [3.05, 3.63) is 89.5 Å². The van der Waals surface area contributed by atoms with Crippen molar-refractivity contribution >= 4 is 43.1 Å². The number of nitrogens with zero attached hydrogens (tertiary/aromatic N) is 2. The monoisotopic (exact) mass is 682 g/mol. The first-order valence-electron chi connectivity index (χ1n) is 17.5. The van der Waals surface area contributed by atoms with Crippen LogP contribution in [0, 0.1) is 11.8 Å². The Morgan fingerprint density at radius 3 is 2.49 bits per heavy atom. The van der Waals surface area contributed by atoms with E-state index in [4.69, 9.17) is 4.74 Å². The molecule has 4 N–H and O–H groups in total. The van der Waals surface area contributed by atoms with Crippen LogP contribution in [0.3, 0.4) is 0 Å². The molecule has 10 nitrogen and oxygen atoms in total. The van der Waals surface area contributed by atoms with Gasteiger partial charge in [-0.15, -0.1) is 0 Å². The maximum absolute atomic E-state index is 14.9. The fourth-order valence-corrected chi connectivity index (χ4v) is 11.3. The summed E-state index contributed by atoms with van der Waals surface area (Å²) in [6, 6.07) is 22.5. The molecule has 1 unspecified atom stereocenters. The van der Waals surface area contributed by atoms with Crippen LogP contribution in [0.4, 0.5) is 17.1 Å². The average molecular weight is 683 g/mol. The van der Waals surface area contributed by atoms with Gasteiger partial charge in [0.25, 0.3) is 5.91 Å². The third-order valence-electron chi connectivity index (χ3n) is 11.1. The number of para-hydroxylation sites is 1. The second kappa shape index (κ2) is 13.1. The summed E-state index contributed by atoms with van der Waals surface area (Å²) in [5.74, 6) is -1.16. The van der Waals surface area contributed by atoms with Crippen LogP contribution in [0.1, 0.15) is 42.9 Å². The Bertz CT molecular complexity index is 1740. The molecular formula is C38H46N4O6Si. The molecule has 11 heteroatoms. The molecule has 3 amide bonds. The van der Waals surface area contributed by atoms with Gasteiger partial charge in [0.05, 0.1) is 36.8 Å². The van der Waals surface area contributed by atoms with Gasteiger partial charge in [0, 0.05) is 41.5 Å². The van der Waals surface area contributed by atoms with E-state index in [1.54, 1.807) is 9.80 Å². The molecule has 4 aliphatic rings. The number of benzene rings is 3. The summed E-state index contributed by atoms with van der Waals surface area (Å²) < 4.78 is 6.98. The topological polar surface area (TPSA) is 131 Å². The molecular weight excluding hydrogens is 637 g/mol. The van der Waals surface area contributed by atoms with Crippen LogP contribution in [0.15, 0.2) is 72.8 Å². The van der Waals surface area contributed by atoms with Crippen molar-refractivity contribution < 1.29 is 29.0 Å². The van der Waals surface area contributed by atoms with Crippen LogP contribution < -0.4 is 15.5 Å². The van der Waals surface area contributed by atoms with Crippen LogP contribution >= 0.6 is 0 Å². The third-order valence-corrected chi connectivity index (χ3v) is 13.6. The highest BCUT2D eigenvalue weighted by atomic mass is 28.4. The summed E-state index contributed by atoms with van der Waals surface area (Å²) in [7, 11) is -3.05. The lowest BCUT2D eigenvalue weighted by Gasteiger charge is -2.37. The van der Waals surface area contributed by atoms with E-state index in [-0.39, 0.29) is 42.7 Å². The average Bonchev–Trinajstić information content (AvgIpc) is 3.54. The molecule has 4 aliphatic heterocycles. The quantitative estimate of drug-likeness (QED) is 0.271. The van der Waals surface area contributed by atoms with Gasteiger partial charge in [-0.25, -0.2) is 0 Å². The predicted octanol–water partition coefficient (Wildman–Crippen LogP) is 4.44. The van der Waals surface area contributed by atoms with E-state index in [2.05, 4.69) is 10.6 Å². The summed E-state index contributed by atoms with van der Waals surface area (Å²) in [4.78, 5) is 57.6. The maximum atomic E-state index is 14.9. The molecule has 0 aliphatic carbocycles. The van der Waals surface area contributed by atoms with E-state index in [1.165, 1.54) is 0 Å². The van der Waals surface area contributed by atoms with E-state index in [0.29, 0.717) is 42.1 Å². The van der Waals surface area contributed by atoms with E-state index in [1.807, 2.05) is 92.8 Å². The third kappa shape index (κ3) is 5.91. The van der Waals surface area contributed by atoms with Crippen LogP contribution in [-0.4, -0.2) is 72.7 Å². The first-order chi connectivity index (χ1) is 23.5. The number of hydrogen-bond acceptors (Lipinski definition) is 7. The summed E-state index contributed by atoms with van der Waals surface area (Å²) in [5.41, 5.74) is 2.73. The number of nitrogens with one attached hydrogen (secondary N) is 2. The minimum absolute atomic E-state index is 0.0362.